The van der Waals surface area contributed by atoms with Gasteiger partial charge in [-0.05, 0) is 30.5 Å². The third kappa shape index (κ3) is 3.03. The molecular formula is C23H23N7O2. The molecule has 5 rings (SSSR count). The minimum Gasteiger partial charge on any atom is -0.422 e. The van der Waals surface area contributed by atoms with Crippen LogP contribution in [0.25, 0.3) is 5.69 Å². The molecule has 0 spiro atoms. The molecule has 32 heavy (non-hydrogen) atoms. The van der Waals surface area contributed by atoms with Crippen molar-refractivity contribution in [2.75, 3.05) is 0 Å². The topological polar surface area (TPSA) is 138 Å². The van der Waals surface area contributed by atoms with E-state index in [4.69, 9.17) is 21.3 Å². The van der Waals surface area contributed by atoms with Crippen LogP contribution in [-0.4, -0.2) is 25.2 Å². The maximum absolute atomic E-state index is 11.7. The first-order chi connectivity index (χ1) is 15.5. The molecule has 162 valence electrons. The highest BCUT2D eigenvalue weighted by Crippen LogP contribution is 2.48. The Labute approximate surface area is 184 Å². The third-order valence-electron chi connectivity index (χ3n) is 6.34. The number of aromatic nitrogens is 4. The van der Waals surface area contributed by atoms with E-state index in [1.165, 1.54) is 19.0 Å². The van der Waals surface area contributed by atoms with E-state index in [1.54, 1.807) is 15.4 Å². The molecule has 3 aromatic rings. The van der Waals surface area contributed by atoms with Gasteiger partial charge in [0.15, 0.2) is 0 Å². The van der Waals surface area contributed by atoms with Gasteiger partial charge in [0.05, 0.1) is 17.2 Å². The average molecular weight is 429 g/mol. The van der Waals surface area contributed by atoms with Crippen LogP contribution in [0.4, 0.5) is 0 Å². The van der Waals surface area contributed by atoms with Gasteiger partial charge in [-0.15, -0.1) is 0 Å². The van der Waals surface area contributed by atoms with Gasteiger partial charge in [0, 0.05) is 31.0 Å². The van der Waals surface area contributed by atoms with Crippen molar-refractivity contribution in [1.82, 2.24) is 19.3 Å². The Bertz CT molecular complexity index is 1270. The molecule has 1 fully saturated rings. The number of nitriles is 1. The van der Waals surface area contributed by atoms with Gasteiger partial charge in [-0.25, -0.2) is 9.67 Å². The molecule has 1 aliphatic heterocycles. The first-order valence-electron chi connectivity index (χ1n) is 10.6. The molecule has 1 aromatic carbocycles. The molecular weight excluding hydrogens is 406 g/mol. The molecule has 0 bridgehead atoms. The third-order valence-corrected chi connectivity index (χ3v) is 6.34. The number of carbonyl (C=O) groups is 1. The van der Waals surface area contributed by atoms with Gasteiger partial charge in [-0.2, -0.15) is 10.4 Å². The second kappa shape index (κ2) is 7.57. The summed E-state index contributed by atoms with van der Waals surface area (Å²) in [5.74, 6) is 0.207. The van der Waals surface area contributed by atoms with Crippen LogP contribution in [0.1, 0.15) is 65.0 Å². The number of benzene rings is 1. The van der Waals surface area contributed by atoms with E-state index in [9.17, 15) is 10.1 Å². The summed E-state index contributed by atoms with van der Waals surface area (Å²) < 4.78 is 9.20. The van der Waals surface area contributed by atoms with Crippen molar-refractivity contribution in [1.29, 1.82) is 5.26 Å². The molecule has 4 N–H and O–H groups in total. The summed E-state index contributed by atoms with van der Waals surface area (Å²) in [4.78, 5) is 15.7. The first kappa shape index (κ1) is 19.9. The molecule has 1 unspecified atom stereocenters. The maximum atomic E-state index is 11.7. The van der Waals surface area contributed by atoms with E-state index in [2.05, 4.69) is 11.1 Å². The zero-order chi connectivity index (χ0) is 22.4. The maximum Gasteiger partial charge on any atom is 0.285 e. The zero-order valence-electron chi connectivity index (χ0n) is 17.7. The van der Waals surface area contributed by atoms with E-state index >= 15 is 0 Å². The van der Waals surface area contributed by atoms with E-state index in [0.717, 1.165) is 35.3 Å². The number of allylic oxidation sites excluding steroid dienone is 1. The van der Waals surface area contributed by atoms with Gasteiger partial charge in [-0.1, -0.05) is 25.0 Å². The summed E-state index contributed by atoms with van der Waals surface area (Å²) in [5, 5.41) is 14.7. The minimum atomic E-state index is -0.604. The second-order valence-electron chi connectivity index (χ2n) is 8.21. The van der Waals surface area contributed by atoms with Gasteiger partial charge in [0.1, 0.15) is 11.6 Å². The van der Waals surface area contributed by atoms with E-state index in [1.807, 2.05) is 31.3 Å². The van der Waals surface area contributed by atoms with Crippen molar-refractivity contribution in [3.05, 3.63) is 70.8 Å². The number of ether oxygens (including phenoxy) is 1. The van der Waals surface area contributed by atoms with Crippen LogP contribution in [0, 0.1) is 11.3 Å². The summed E-state index contributed by atoms with van der Waals surface area (Å²) in [6, 6.07) is 9.85. The van der Waals surface area contributed by atoms with E-state index in [-0.39, 0.29) is 17.6 Å². The second-order valence-corrected chi connectivity index (χ2v) is 8.21. The van der Waals surface area contributed by atoms with Gasteiger partial charge < -0.3 is 16.2 Å². The van der Waals surface area contributed by atoms with Crippen molar-refractivity contribution in [3.63, 3.8) is 0 Å². The van der Waals surface area contributed by atoms with Crippen molar-refractivity contribution in [3.8, 4) is 17.6 Å². The molecule has 0 radical (unpaired) electrons. The van der Waals surface area contributed by atoms with Crippen LogP contribution in [0.2, 0.25) is 0 Å². The quantitative estimate of drug-likeness (QED) is 0.654. The van der Waals surface area contributed by atoms with Gasteiger partial charge >= 0.3 is 0 Å². The van der Waals surface area contributed by atoms with Crippen molar-refractivity contribution in [2.45, 2.75) is 37.5 Å². The predicted octanol–water partition coefficient (Wildman–Crippen LogP) is 2.58. The Hall–Kier alpha value is -4.06. The molecule has 0 saturated heterocycles. The Kier molecular flexibility index (Phi) is 4.70. The predicted molar refractivity (Wildman–Crippen MR) is 116 cm³/mol. The van der Waals surface area contributed by atoms with Crippen LogP contribution < -0.4 is 16.2 Å². The lowest BCUT2D eigenvalue weighted by Crippen LogP contribution is -2.22. The highest BCUT2D eigenvalue weighted by atomic mass is 16.5. The molecule has 1 saturated carbocycles. The highest BCUT2D eigenvalue weighted by molar-refractivity contribution is 5.89. The van der Waals surface area contributed by atoms with Crippen molar-refractivity contribution in [2.24, 2.45) is 18.5 Å². The molecule has 1 atom stereocenters. The molecule has 3 heterocycles. The first-order valence-corrected chi connectivity index (χ1v) is 10.6. The number of fused-ring (bicyclic) bond motifs is 1. The Balaban J connectivity index is 1.62. The number of amides is 1. The monoisotopic (exact) mass is 429 g/mol. The number of hydrogen-bond acceptors (Lipinski definition) is 6. The normalized spacial score (nSPS) is 18.3. The fourth-order valence-electron chi connectivity index (χ4n) is 4.86. The minimum absolute atomic E-state index is 0.0978. The lowest BCUT2D eigenvalue weighted by atomic mass is 9.81. The smallest absolute Gasteiger partial charge is 0.285 e. The zero-order valence-corrected chi connectivity index (χ0v) is 17.7. The summed E-state index contributed by atoms with van der Waals surface area (Å²) in [5.41, 5.74) is 15.5. The van der Waals surface area contributed by atoms with Gasteiger partial charge in [-0.3, -0.25) is 9.36 Å². The number of aryl methyl sites for hydroxylation is 1. The van der Waals surface area contributed by atoms with Crippen LogP contribution in [-0.2, 0) is 7.05 Å². The fraction of sp³-hybridized carbons (Fsp3) is 0.304. The largest absolute Gasteiger partial charge is 0.422 e. The standard InChI is InChI=1S/C23H23N7O2/c1-29-23-18(19(28-29)14-4-2-3-5-14)17(16(12-24)21(26)32-23)13-6-8-15(9-7-13)30-11-10-27-22(30)20(25)31/h6-11,14,17H,2-5,26H2,1H3,(H2,25,31). The molecule has 9 nitrogen and oxygen atoms in total. The van der Waals surface area contributed by atoms with Crippen LogP contribution in [0.15, 0.2) is 48.1 Å². The number of imidazole rings is 1. The average Bonchev–Trinajstić information content (AvgIpc) is 3.54. The van der Waals surface area contributed by atoms with Crippen molar-refractivity contribution < 1.29 is 9.53 Å². The molecule has 1 amide bonds. The number of hydrogen-bond donors (Lipinski definition) is 2. The molecule has 1 aliphatic carbocycles. The molecule has 2 aromatic heterocycles. The summed E-state index contributed by atoms with van der Waals surface area (Å²) in [6.45, 7) is 0. The number of nitrogens with zero attached hydrogens (tertiary/aromatic N) is 5. The summed E-state index contributed by atoms with van der Waals surface area (Å²) in [7, 11) is 1.84. The van der Waals surface area contributed by atoms with Gasteiger partial charge in [0.25, 0.3) is 5.91 Å². The van der Waals surface area contributed by atoms with Crippen LogP contribution >= 0.6 is 0 Å². The van der Waals surface area contributed by atoms with Crippen LogP contribution in [0.3, 0.4) is 0 Å². The summed E-state index contributed by atoms with van der Waals surface area (Å²) in [6.07, 6.45) is 7.71. The highest BCUT2D eigenvalue weighted by Gasteiger charge is 2.38. The van der Waals surface area contributed by atoms with Gasteiger partial charge in [0.2, 0.25) is 17.6 Å². The lowest BCUT2D eigenvalue weighted by molar-refractivity contribution is 0.0989. The van der Waals surface area contributed by atoms with Crippen LogP contribution in [0.5, 0.6) is 5.88 Å². The number of rotatable bonds is 4. The molecule has 9 heteroatoms. The fourth-order valence-corrected chi connectivity index (χ4v) is 4.86. The number of primary amides is 1. The van der Waals surface area contributed by atoms with Crippen molar-refractivity contribution >= 4 is 5.91 Å². The number of carbonyl (C=O) groups excluding carboxylic acids is 1. The molecule has 2 aliphatic rings. The van der Waals surface area contributed by atoms with E-state index < -0.39 is 5.91 Å². The number of nitrogens with two attached hydrogens (primary N) is 2. The Morgan fingerprint density at radius 2 is 1.97 bits per heavy atom. The SMILES string of the molecule is Cn1nc(C2CCCC2)c2c1OC(N)=C(C#N)C2c1ccc(-n2ccnc2C(N)=O)cc1. The lowest BCUT2D eigenvalue weighted by Gasteiger charge is -2.26. The summed E-state index contributed by atoms with van der Waals surface area (Å²) >= 11 is 0. The van der Waals surface area contributed by atoms with E-state index in [0.29, 0.717) is 17.4 Å². The Morgan fingerprint density at radius 1 is 1.25 bits per heavy atom. The Morgan fingerprint density at radius 3 is 2.62 bits per heavy atom.